The van der Waals surface area contributed by atoms with Crippen molar-refractivity contribution in [1.29, 1.82) is 0 Å². The Kier molecular flexibility index (Phi) is 13.7. The van der Waals surface area contributed by atoms with E-state index in [0.717, 1.165) is 22.3 Å². The van der Waals surface area contributed by atoms with Crippen molar-refractivity contribution in [2.24, 2.45) is 0 Å². The summed E-state index contributed by atoms with van der Waals surface area (Å²) in [5.74, 6) is -1.37. The summed E-state index contributed by atoms with van der Waals surface area (Å²) in [6.07, 6.45) is 4.21. The number of carboxylic acids is 1. The number of aliphatic carboxylic acids is 1. The second-order valence-electron chi connectivity index (χ2n) is 10.3. The van der Waals surface area contributed by atoms with Crippen LogP contribution >= 0.6 is 0 Å². The van der Waals surface area contributed by atoms with Crippen LogP contribution in [0.3, 0.4) is 0 Å². The van der Waals surface area contributed by atoms with Gasteiger partial charge in [-0.3, -0.25) is 9.69 Å². The van der Waals surface area contributed by atoms with Gasteiger partial charge in [-0.05, 0) is 41.2 Å². The van der Waals surface area contributed by atoms with Gasteiger partial charge in [-0.25, -0.2) is 9.59 Å². The number of fused-ring (bicyclic) bond motifs is 3. The molecule has 0 unspecified atom stereocenters. The lowest BCUT2D eigenvalue weighted by Gasteiger charge is -2.23. The number of rotatable bonds is 19. The summed E-state index contributed by atoms with van der Waals surface area (Å²) in [5.41, 5.74) is 4.61. The van der Waals surface area contributed by atoms with Gasteiger partial charge in [-0.1, -0.05) is 54.6 Å². The van der Waals surface area contributed by atoms with E-state index in [-0.39, 0.29) is 32.2 Å². The predicted molar refractivity (Wildman–Crippen MR) is 160 cm³/mol. The minimum Gasteiger partial charge on any atom is -0.481 e. The van der Waals surface area contributed by atoms with Crippen molar-refractivity contribution in [3.8, 4) is 11.1 Å². The number of likely N-dealkylation sites (tertiary alicyclic amines) is 1. The van der Waals surface area contributed by atoms with Crippen LogP contribution in [0.5, 0.6) is 0 Å². The molecule has 1 amide bonds. The molecule has 11 heteroatoms. The van der Waals surface area contributed by atoms with Crippen molar-refractivity contribution in [3.05, 3.63) is 71.8 Å². The van der Waals surface area contributed by atoms with Crippen LogP contribution in [-0.4, -0.2) is 107 Å². The summed E-state index contributed by atoms with van der Waals surface area (Å²) >= 11 is 0. The van der Waals surface area contributed by atoms with E-state index < -0.39 is 24.1 Å². The van der Waals surface area contributed by atoms with Crippen molar-refractivity contribution >= 4 is 18.0 Å². The first-order valence-corrected chi connectivity index (χ1v) is 15.0. The highest BCUT2D eigenvalue weighted by Crippen LogP contribution is 2.44. The molecule has 0 spiro atoms. The summed E-state index contributed by atoms with van der Waals surface area (Å²) in [5, 5.41) is 8.51. The fraction of sp³-hybridized carbons (Fsp3) is 0.485. The standard InChI is InChI=1S/C33H41NO10/c35-31(36)13-17-40-19-21-42-23-22-41-20-18-39-15-5-6-16-43-32(37)30-12-7-14-34(30)33(38)44-24-29-27-10-3-1-8-25(27)26-9-2-4-11-28(26)29/h1-6,8-11,29-30H,7,12-24H2,(H,35,36)/b6-5+/t30-/m0/s1. The molecule has 1 atom stereocenters. The smallest absolute Gasteiger partial charge is 0.410 e. The number of carbonyl (C=O) groups is 3. The number of esters is 1. The number of carboxylic acid groups (broad SMARTS) is 1. The topological polar surface area (TPSA) is 130 Å². The summed E-state index contributed by atoms with van der Waals surface area (Å²) in [4.78, 5) is 37.6. The monoisotopic (exact) mass is 611 g/mol. The van der Waals surface area contributed by atoms with E-state index in [9.17, 15) is 14.4 Å². The Balaban J connectivity index is 1.05. The van der Waals surface area contributed by atoms with Crippen LogP contribution in [0.4, 0.5) is 4.79 Å². The van der Waals surface area contributed by atoms with E-state index in [1.54, 1.807) is 12.2 Å². The van der Waals surface area contributed by atoms with Crippen LogP contribution in [0.15, 0.2) is 60.7 Å². The lowest BCUT2D eigenvalue weighted by Crippen LogP contribution is -2.42. The summed E-state index contributed by atoms with van der Waals surface area (Å²) in [6.45, 7) is 3.63. The molecule has 11 nitrogen and oxygen atoms in total. The zero-order valence-corrected chi connectivity index (χ0v) is 24.9. The first-order chi connectivity index (χ1) is 21.6. The maximum atomic E-state index is 13.0. The molecule has 4 rings (SSSR count). The molecule has 2 aromatic carbocycles. The van der Waals surface area contributed by atoms with E-state index in [1.807, 2.05) is 24.3 Å². The first-order valence-electron chi connectivity index (χ1n) is 15.0. The van der Waals surface area contributed by atoms with Crippen molar-refractivity contribution in [3.63, 3.8) is 0 Å². The third-order valence-corrected chi connectivity index (χ3v) is 7.37. The molecule has 1 saturated heterocycles. The van der Waals surface area contributed by atoms with Crippen LogP contribution < -0.4 is 0 Å². The summed E-state index contributed by atoms with van der Waals surface area (Å²) in [7, 11) is 0. The van der Waals surface area contributed by atoms with E-state index in [0.29, 0.717) is 65.6 Å². The van der Waals surface area contributed by atoms with Crippen molar-refractivity contribution in [2.75, 3.05) is 72.6 Å². The van der Waals surface area contributed by atoms with Gasteiger partial charge in [0.1, 0.15) is 19.3 Å². The molecule has 1 aliphatic carbocycles. The average molecular weight is 612 g/mol. The maximum Gasteiger partial charge on any atom is 0.410 e. The molecule has 2 aromatic rings. The Labute approximate surface area is 257 Å². The molecule has 1 aliphatic heterocycles. The second kappa shape index (κ2) is 18.1. The van der Waals surface area contributed by atoms with Crippen LogP contribution in [-0.2, 0) is 38.0 Å². The van der Waals surface area contributed by atoms with Crippen LogP contribution in [0.1, 0.15) is 36.3 Å². The van der Waals surface area contributed by atoms with Gasteiger partial charge in [0.05, 0.1) is 59.3 Å². The zero-order valence-electron chi connectivity index (χ0n) is 24.9. The number of hydrogen-bond donors (Lipinski definition) is 1. The lowest BCUT2D eigenvalue weighted by atomic mass is 9.98. The molecule has 0 saturated carbocycles. The fourth-order valence-electron chi connectivity index (χ4n) is 5.24. The molecular weight excluding hydrogens is 570 g/mol. The van der Waals surface area contributed by atoms with Gasteiger partial charge in [-0.2, -0.15) is 0 Å². The number of nitrogens with zero attached hydrogens (tertiary/aromatic N) is 1. The minimum atomic E-state index is -0.888. The average Bonchev–Trinajstić information content (AvgIpc) is 3.65. The van der Waals surface area contributed by atoms with Crippen LogP contribution in [0.2, 0.25) is 0 Å². The molecule has 0 radical (unpaired) electrons. The molecule has 1 N–H and O–H groups in total. The van der Waals surface area contributed by atoms with E-state index in [4.69, 9.17) is 33.5 Å². The first kappa shape index (κ1) is 33.1. The van der Waals surface area contributed by atoms with Crippen LogP contribution in [0, 0.1) is 0 Å². The van der Waals surface area contributed by atoms with Crippen molar-refractivity contribution in [1.82, 2.24) is 4.90 Å². The van der Waals surface area contributed by atoms with Gasteiger partial charge in [0.2, 0.25) is 0 Å². The Morgan fingerprint density at radius 1 is 0.750 bits per heavy atom. The SMILES string of the molecule is O=C(O)CCOCCOCCOCCOC/C=C/COC(=O)[C@@H]1CCCN1C(=O)OCC1c2ccccc2-c2ccccc21. The highest BCUT2D eigenvalue weighted by Gasteiger charge is 2.37. The van der Waals surface area contributed by atoms with Gasteiger partial charge < -0.3 is 33.5 Å². The normalized spacial score (nSPS) is 15.8. The zero-order chi connectivity index (χ0) is 31.0. The van der Waals surface area contributed by atoms with Crippen molar-refractivity contribution in [2.45, 2.75) is 31.2 Å². The number of carbonyl (C=O) groups excluding carboxylic acids is 2. The van der Waals surface area contributed by atoms with Gasteiger partial charge >= 0.3 is 18.0 Å². The molecule has 2 aliphatic rings. The Morgan fingerprint density at radius 2 is 1.32 bits per heavy atom. The van der Waals surface area contributed by atoms with Crippen molar-refractivity contribution < 1.29 is 47.9 Å². The number of hydrogen-bond acceptors (Lipinski definition) is 9. The van der Waals surface area contributed by atoms with E-state index in [1.165, 1.54) is 4.90 Å². The molecule has 1 heterocycles. The number of benzene rings is 2. The molecule has 238 valence electrons. The quantitative estimate of drug-likeness (QED) is 0.141. The summed E-state index contributed by atoms with van der Waals surface area (Å²) in [6, 6.07) is 15.7. The van der Waals surface area contributed by atoms with Gasteiger partial charge in [0.25, 0.3) is 0 Å². The number of ether oxygens (including phenoxy) is 6. The Morgan fingerprint density at radius 3 is 1.95 bits per heavy atom. The molecule has 44 heavy (non-hydrogen) atoms. The Bertz CT molecular complexity index is 1200. The lowest BCUT2D eigenvalue weighted by molar-refractivity contribution is -0.147. The van der Waals surface area contributed by atoms with E-state index >= 15 is 0 Å². The second-order valence-corrected chi connectivity index (χ2v) is 10.3. The maximum absolute atomic E-state index is 13.0. The third-order valence-electron chi connectivity index (χ3n) is 7.37. The minimum absolute atomic E-state index is 0.0195. The Hall–Kier alpha value is -3.77. The molecule has 0 bridgehead atoms. The highest BCUT2D eigenvalue weighted by atomic mass is 16.6. The largest absolute Gasteiger partial charge is 0.481 e. The molecular formula is C33H41NO10. The number of amides is 1. The summed E-state index contributed by atoms with van der Waals surface area (Å²) < 4.78 is 32.5. The fourth-order valence-corrected chi connectivity index (χ4v) is 5.24. The predicted octanol–water partition coefficient (Wildman–Crippen LogP) is 4.04. The van der Waals surface area contributed by atoms with Gasteiger partial charge in [-0.15, -0.1) is 0 Å². The highest BCUT2D eigenvalue weighted by molar-refractivity contribution is 5.82. The molecule has 1 fully saturated rings. The van der Waals surface area contributed by atoms with Gasteiger partial charge in [0.15, 0.2) is 0 Å². The van der Waals surface area contributed by atoms with Gasteiger partial charge in [0, 0.05) is 12.5 Å². The van der Waals surface area contributed by atoms with Crippen LogP contribution in [0.25, 0.3) is 11.1 Å². The molecule has 0 aromatic heterocycles. The van der Waals surface area contributed by atoms with E-state index in [2.05, 4.69) is 24.3 Å². The third kappa shape index (κ3) is 9.88.